The first-order valence-corrected chi connectivity index (χ1v) is 9.81. The number of fused-ring (bicyclic) bond motifs is 1. The molecule has 4 rings (SSSR count). The maximum Gasteiger partial charge on any atom is 0.253 e. The third kappa shape index (κ3) is 3.98. The number of rotatable bonds is 4. The maximum atomic E-state index is 12.7. The Morgan fingerprint density at radius 3 is 2.52 bits per heavy atom. The standard InChI is InChI=1S/C20H27N5O2/c1-27-17-8-6-16(7-9-17)20(26)24-13-11-23(12-14-24)15-19-22-21-18-5-3-2-4-10-25(18)19/h6-9H,2-5,10-15H2,1H3. The predicted octanol–water partition coefficient (Wildman–Crippen LogP) is 1.97. The zero-order valence-electron chi connectivity index (χ0n) is 15.9. The minimum Gasteiger partial charge on any atom is -0.497 e. The van der Waals surface area contributed by atoms with Crippen molar-refractivity contribution >= 4 is 5.91 Å². The first kappa shape index (κ1) is 18.0. The minimum absolute atomic E-state index is 0.0913. The van der Waals surface area contributed by atoms with Crippen LogP contribution in [0.4, 0.5) is 0 Å². The van der Waals surface area contributed by atoms with Crippen molar-refractivity contribution in [3.63, 3.8) is 0 Å². The number of aryl methyl sites for hydroxylation is 1. The van der Waals surface area contributed by atoms with Crippen molar-refractivity contribution in [2.45, 2.75) is 38.8 Å². The van der Waals surface area contributed by atoms with Gasteiger partial charge < -0.3 is 14.2 Å². The van der Waals surface area contributed by atoms with Crippen molar-refractivity contribution in [3.05, 3.63) is 41.5 Å². The van der Waals surface area contributed by atoms with Crippen molar-refractivity contribution in [3.8, 4) is 5.75 Å². The van der Waals surface area contributed by atoms with Crippen LogP contribution in [0.3, 0.4) is 0 Å². The second-order valence-electron chi connectivity index (χ2n) is 7.29. The van der Waals surface area contributed by atoms with Crippen LogP contribution in [0, 0.1) is 0 Å². The fourth-order valence-corrected chi connectivity index (χ4v) is 3.89. The summed E-state index contributed by atoms with van der Waals surface area (Å²) in [4.78, 5) is 17.0. The Kier molecular flexibility index (Phi) is 5.38. The van der Waals surface area contributed by atoms with Gasteiger partial charge in [-0.15, -0.1) is 10.2 Å². The van der Waals surface area contributed by atoms with E-state index in [1.807, 2.05) is 29.2 Å². The van der Waals surface area contributed by atoms with Gasteiger partial charge in [0.25, 0.3) is 5.91 Å². The van der Waals surface area contributed by atoms with Crippen LogP contribution in [0.2, 0.25) is 0 Å². The van der Waals surface area contributed by atoms with E-state index >= 15 is 0 Å². The van der Waals surface area contributed by atoms with Crippen LogP contribution in [-0.2, 0) is 19.5 Å². The molecule has 1 aromatic carbocycles. The SMILES string of the molecule is COc1ccc(C(=O)N2CCN(Cc3nnc4n3CCCCC4)CC2)cc1. The summed E-state index contributed by atoms with van der Waals surface area (Å²) in [6, 6.07) is 7.33. The fourth-order valence-electron chi connectivity index (χ4n) is 3.89. The number of benzene rings is 1. The van der Waals surface area contributed by atoms with Crippen molar-refractivity contribution in [2.24, 2.45) is 0 Å². The largest absolute Gasteiger partial charge is 0.497 e. The maximum absolute atomic E-state index is 12.7. The van der Waals surface area contributed by atoms with E-state index in [1.54, 1.807) is 7.11 Å². The molecule has 2 aliphatic heterocycles. The zero-order valence-corrected chi connectivity index (χ0v) is 15.9. The van der Waals surface area contributed by atoms with Gasteiger partial charge in [-0.25, -0.2) is 0 Å². The molecule has 0 atom stereocenters. The molecule has 0 bridgehead atoms. The molecule has 1 saturated heterocycles. The first-order chi connectivity index (χ1) is 13.2. The summed E-state index contributed by atoms with van der Waals surface area (Å²) in [6.45, 7) is 5.07. The summed E-state index contributed by atoms with van der Waals surface area (Å²) in [5, 5.41) is 8.82. The summed E-state index contributed by atoms with van der Waals surface area (Å²) >= 11 is 0. The Hall–Kier alpha value is -2.41. The van der Waals surface area contributed by atoms with Crippen LogP contribution in [-0.4, -0.2) is 63.8 Å². The van der Waals surface area contributed by atoms with Crippen LogP contribution >= 0.6 is 0 Å². The van der Waals surface area contributed by atoms with Crippen molar-refractivity contribution in [2.75, 3.05) is 33.3 Å². The number of carbonyl (C=O) groups is 1. The van der Waals surface area contributed by atoms with Gasteiger partial charge in [0, 0.05) is 44.7 Å². The van der Waals surface area contributed by atoms with Crippen LogP contribution in [0.1, 0.15) is 41.3 Å². The van der Waals surface area contributed by atoms with E-state index in [0.717, 1.165) is 63.1 Å². The molecule has 0 radical (unpaired) electrons. The van der Waals surface area contributed by atoms with Crippen molar-refractivity contribution in [1.82, 2.24) is 24.6 Å². The number of nitrogens with zero attached hydrogens (tertiary/aromatic N) is 5. The van der Waals surface area contributed by atoms with Crippen LogP contribution in [0.5, 0.6) is 5.75 Å². The lowest BCUT2D eigenvalue weighted by Gasteiger charge is -2.34. The summed E-state index contributed by atoms with van der Waals surface area (Å²) in [5.41, 5.74) is 0.715. The van der Waals surface area contributed by atoms with Gasteiger partial charge in [-0.1, -0.05) is 6.42 Å². The predicted molar refractivity (Wildman–Crippen MR) is 102 cm³/mol. The lowest BCUT2D eigenvalue weighted by atomic mass is 10.1. The molecular formula is C20H27N5O2. The molecule has 0 aliphatic carbocycles. The van der Waals surface area contributed by atoms with E-state index < -0.39 is 0 Å². The number of hydrogen-bond acceptors (Lipinski definition) is 5. The monoisotopic (exact) mass is 369 g/mol. The second kappa shape index (κ2) is 8.08. The molecule has 1 amide bonds. The molecule has 0 N–H and O–H groups in total. The van der Waals surface area contributed by atoms with Gasteiger partial charge in [0.1, 0.15) is 17.4 Å². The quantitative estimate of drug-likeness (QED) is 0.825. The highest BCUT2D eigenvalue weighted by Gasteiger charge is 2.24. The third-order valence-corrected chi connectivity index (χ3v) is 5.55. The molecule has 1 aromatic heterocycles. The summed E-state index contributed by atoms with van der Waals surface area (Å²) in [5.74, 6) is 3.06. The van der Waals surface area contributed by atoms with Gasteiger partial charge in [-0.05, 0) is 37.1 Å². The summed E-state index contributed by atoms with van der Waals surface area (Å²) in [6.07, 6.45) is 4.73. The number of carbonyl (C=O) groups excluding carboxylic acids is 1. The molecule has 2 aromatic rings. The molecule has 0 spiro atoms. The third-order valence-electron chi connectivity index (χ3n) is 5.55. The molecule has 3 heterocycles. The van der Waals surface area contributed by atoms with Gasteiger partial charge in [0.05, 0.1) is 13.7 Å². The number of hydrogen-bond donors (Lipinski definition) is 0. The highest BCUT2D eigenvalue weighted by molar-refractivity contribution is 5.94. The van der Waals surface area contributed by atoms with Gasteiger partial charge in [-0.2, -0.15) is 0 Å². The minimum atomic E-state index is 0.0913. The molecule has 7 nitrogen and oxygen atoms in total. The fraction of sp³-hybridized carbons (Fsp3) is 0.550. The number of piperazine rings is 1. The van der Waals surface area contributed by atoms with Gasteiger partial charge in [-0.3, -0.25) is 9.69 Å². The molecule has 2 aliphatic rings. The highest BCUT2D eigenvalue weighted by atomic mass is 16.5. The van der Waals surface area contributed by atoms with E-state index in [4.69, 9.17) is 4.74 Å². The number of methoxy groups -OCH3 is 1. The molecule has 27 heavy (non-hydrogen) atoms. The Morgan fingerprint density at radius 2 is 1.78 bits per heavy atom. The lowest BCUT2D eigenvalue weighted by Crippen LogP contribution is -2.48. The van der Waals surface area contributed by atoms with E-state index in [9.17, 15) is 4.79 Å². The molecule has 0 unspecified atom stereocenters. The average Bonchev–Trinajstić information content (AvgIpc) is 2.94. The Balaban J connectivity index is 1.33. The zero-order chi connectivity index (χ0) is 18.6. The smallest absolute Gasteiger partial charge is 0.253 e. The highest BCUT2D eigenvalue weighted by Crippen LogP contribution is 2.17. The van der Waals surface area contributed by atoms with E-state index in [0.29, 0.717) is 5.56 Å². The molecule has 0 saturated carbocycles. The van der Waals surface area contributed by atoms with Gasteiger partial charge >= 0.3 is 0 Å². The van der Waals surface area contributed by atoms with Crippen LogP contribution < -0.4 is 4.74 Å². The molecule has 144 valence electrons. The first-order valence-electron chi connectivity index (χ1n) is 9.81. The Morgan fingerprint density at radius 1 is 1.00 bits per heavy atom. The molecule has 1 fully saturated rings. The molecular weight excluding hydrogens is 342 g/mol. The normalized spacial score (nSPS) is 18.0. The topological polar surface area (TPSA) is 63.5 Å². The van der Waals surface area contributed by atoms with Crippen LogP contribution in [0.25, 0.3) is 0 Å². The van der Waals surface area contributed by atoms with E-state index in [2.05, 4.69) is 19.7 Å². The van der Waals surface area contributed by atoms with Crippen molar-refractivity contribution in [1.29, 1.82) is 0 Å². The average molecular weight is 369 g/mol. The van der Waals surface area contributed by atoms with Crippen LogP contribution in [0.15, 0.2) is 24.3 Å². The summed E-state index contributed by atoms with van der Waals surface area (Å²) in [7, 11) is 1.63. The number of aromatic nitrogens is 3. The summed E-state index contributed by atoms with van der Waals surface area (Å²) < 4.78 is 7.47. The lowest BCUT2D eigenvalue weighted by molar-refractivity contribution is 0.0623. The van der Waals surface area contributed by atoms with E-state index in [-0.39, 0.29) is 5.91 Å². The van der Waals surface area contributed by atoms with Gasteiger partial charge in [0.15, 0.2) is 0 Å². The molecule has 7 heteroatoms. The number of ether oxygens (including phenoxy) is 1. The Labute approximate surface area is 159 Å². The number of amides is 1. The van der Waals surface area contributed by atoms with E-state index in [1.165, 1.54) is 19.3 Å². The Bertz CT molecular complexity index is 778. The second-order valence-corrected chi connectivity index (χ2v) is 7.29. The van der Waals surface area contributed by atoms with Gasteiger partial charge in [0.2, 0.25) is 0 Å². The van der Waals surface area contributed by atoms with Crippen molar-refractivity contribution < 1.29 is 9.53 Å².